The van der Waals surface area contributed by atoms with Crippen molar-refractivity contribution in [3.8, 4) is 0 Å². The Balaban J connectivity index is 2.27. The Morgan fingerprint density at radius 1 is 1.40 bits per heavy atom. The summed E-state index contributed by atoms with van der Waals surface area (Å²) < 4.78 is 31.3. The van der Waals surface area contributed by atoms with Crippen LogP contribution in [0.5, 0.6) is 0 Å². The second-order valence-electron chi connectivity index (χ2n) is 4.37. The second kappa shape index (κ2) is 5.74. The van der Waals surface area contributed by atoms with Crippen LogP contribution in [0.2, 0.25) is 0 Å². The van der Waals surface area contributed by atoms with Gasteiger partial charge in [0.15, 0.2) is 0 Å². The van der Waals surface area contributed by atoms with Crippen LogP contribution < -0.4 is 0 Å². The summed E-state index contributed by atoms with van der Waals surface area (Å²) in [5.74, 6) is 0.495. The lowest BCUT2D eigenvalue weighted by atomic mass is 10.3. The molecule has 0 spiro atoms. The van der Waals surface area contributed by atoms with Gasteiger partial charge in [0.2, 0.25) is 10.0 Å². The highest BCUT2D eigenvalue weighted by atomic mass is 32.2. The molecule has 0 bridgehead atoms. The number of furan rings is 1. The maximum Gasteiger partial charge on any atom is 0.246 e. The van der Waals surface area contributed by atoms with E-state index in [9.17, 15) is 8.42 Å². The van der Waals surface area contributed by atoms with Crippen LogP contribution in [-0.2, 0) is 23.2 Å². The Morgan fingerprint density at radius 3 is 2.70 bits per heavy atom. The molecule has 0 aliphatic rings. The summed E-state index contributed by atoms with van der Waals surface area (Å²) in [7, 11) is -2.19. The minimum atomic E-state index is -3.67. The molecule has 0 saturated heterocycles. The van der Waals surface area contributed by atoms with Gasteiger partial charge in [-0.05, 0) is 19.1 Å². The highest BCUT2D eigenvalue weighted by Gasteiger charge is 2.26. The molecule has 2 aromatic heterocycles. The molecule has 1 N–H and O–H groups in total. The summed E-state index contributed by atoms with van der Waals surface area (Å²) in [5, 5.41) is 9.00. The fourth-order valence-electron chi connectivity index (χ4n) is 1.83. The lowest BCUT2D eigenvalue weighted by Gasteiger charge is -2.15. The van der Waals surface area contributed by atoms with Crippen molar-refractivity contribution in [3.05, 3.63) is 47.7 Å². The fourth-order valence-corrected chi connectivity index (χ4v) is 3.15. The van der Waals surface area contributed by atoms with Gasteiger partial charge in [-0.25, -0.2) is 8.42 Å². The summed E-state index contributed by atoms with van der Waals surface area (Å²) in [6, 6.07) is 6.68. The standard InChI is InChI=1S/C13H16N2O4S/c1-10-13(7-12(9-16)19-10)20(17,18)15(2)8-11-5-3-4-6-14-11/h3-7,16H,8-9H2,1-2H3. The second-order valence-corrected chi connectivity index (χ2v) is 6.39. The van der Waals surface area contributed by atoms with Crippen molar-refractivity contribution in [3.63, 3.8) is 0 Å². The van der Waals surface area contributed by atoms with Crippen LogP contribution in [0.15, 0.2) is 39.8 Å². The van der Waals surface area contributed by atoms with Crippen molar-refractivity contribution < 1.29 is 17.9 Å². The summed E-state index contributed by atoms with van der Waals surface area (Å²) in [6.07, 6.45) is 1.61. The molecule has 0 atom stereocenters. The molecule has 108 valence electrons. The van der Waals surface area contributed by atoms with Crippen molar-refractivity contribution in [2.75, 3.05) is 7.05 Å². The van der Waals surface area contributed by atoms with Gasteiger partial charge in [-0.3, -0.25) is 4.98 Å². The predicted octanol–water partition coefficient (Wildman–Crippen LogP) is 1.30. The zero-order valence-corrected chi connectivity index (χ0v) is 12.1. The average molecular weight is 296 g/mol. The number of aryl methyl sites for hydroxylation is 1. The Morgan fingerprint density at radius 2 is 2.15 bits per heavy atom. The predicted molar refractivity (Wildman–Crippen MR) is 72.3 cm³/mol. The monoisotopic (exact) mass is 296 g/mol. The average Bonchev–Trinajstić information content (AvgIpc) is 2.82. The van der Waals surface area contributed by atoms with Crippen molar-refractivity contribution in [1.29, 1.82) is 0 Å². The van der Waals surface area contributed by atoms with Gasteiger partial charge >= 0.3 is 0 Å². The Kier molecular flexibility index (Phi) is 4.22. The third kappa shape index (κ3) is 2.90. The maximum absolute atomic E-state index is 12.4. The molecule has 0 aliphatic heterocycles. The van der Waals surface area contributed by atoms with Gasteiger partial charge in [0, 0.05) is 19.3 Å². The molecule has 2 heterocycles. The molecular formula is C13H16N2O4S. The number of aliphatic hydroxyl groups excluding tert-OH is 1. The van der Waals surface area contributed by atoms with E-state index >= 15 is 0 Å². The third-order valence-corrected chi connectivity index (χ3v) is 4.79. The smallest absolute Gasteiger partial charge is 0.246 e. The van der Waals surface area contributed by atoms with Crippen LogP contribution in [0, 0.1) is 6.92 Å². The molecule has 0 unspecified atom stereocenters. The lowest BCUT2D eigenvalue weighted by Crippen LogP contribution is -2.27. The molecular weight excluding hydrogens is 280 g/mol. The van der Waals surface area contributed by atoms with E-state index in [1.165, 1.54) is 17.4 Å². The van der Waals surface area contributed by atoms with Crippen LogP contribution in [-0.4, -0.2) is 29.9 Å². The minimum Gasteiger partial charge on any atom is -0.462 e. The van der Waals surface area contributed by atoms with Crippen LogP contribution in [0.1, 0.15) is 17.2 Å². The number of aromatic nitrogens is 1. The molecule has 0 fully saturated rings. The van der Waals surface area contributed by atoms with Gasteiger partial charge in [-0.15, -0.1) is 0 Å². The van der Waals surface area contributed by atoms with E-state index in [1.54, 1.807) is 31.3 Å². The van der Waals surface area contributed by atoms with Gasteiger partial charge in [0.1, 0.15) is 23.0 Å². The van der Waals surface area contributed by atoms with E-state index in [4.69, 9.17) is 9.52 Å². The molecule has 6 nitrogen and oxygen atoms in total. The van der Waals surface area contributed by atoms with E-state index in [2.05, 4.69) is 4.98 Å². The fraction of sp³-hybridized carbons (Fsp3) is 0.308. The topological polar surface area (TPSA) is 83.6 Å². The quantitative estimate of drug-likeness (QED) is 0.899. The number of aliphatic hydroxyl groups is 1. The summed E-state index contributed by atoms with van der Waals surface area (Å²) in [6.45, 7) is 1.39. The Labute approximate surface area is 117 Å². The molecule has 0 amide bonds. The van der Waals surface area contributed by atoms with Crippen molar-refractivity contribution in [2.45, 2.75) is 25.0 Å². The zero-order chi connectivity index (χ0) is 14.8. The molecule has 0 aliphatic carbocycles. The molecule has 20 heavy (non-hydrogen) atoms. The van der Waals surface area contributed by atoms with E-state index in [-0.39, 0.29) is 29.6 Å². The third-order valence-electron chi connectivity index (χ3n) is 2.88. The number of rotatable bonds is 5. The van der Waals surface area contributed by atoms with E-state index < -0.39 is 10.0 Å². The number of hydrogen-bond donors (Lipinski definition) is 1. The summed E-state index contributed by atoms with van der Waals surface area (Å²) >= 11 is 0. The van der Waals surface area contributed by atoms with E-state index in [1.807, 2.05) is 0 Å². The largest absolute Gasteiger partial charge is 0.462 e. The van der Waals surface area contributed by atoms with Gasteiger partial charge in [0.05, 0.1) is 12.2 Å². The van der Waals surface area contributed by atoms with Crippen LogP contribution >= 0.6 is 0 Å². The van der Waals surface area contributed by atoms with Crippen molar-refractivity contribution in [2.24, 2.45) is 0 Å². The van der Waals surface area contributed by atoms with Crippen LogP contribution in [0.25, 0.3) is 0 Å². The molecule has 0 saturated carbocycles. The van der Waals surface area contributed by atoms with Crippen molar-refractivity contribution in [1.82, 2.24) is 9.29 Å². The molecule has 7 heteroatoms. The first-order valence-corrected chi connectivity index (χ1v) is 7.45. The summed E-state index contributed by atoms with van der Waals surface area (Å²) in [5.41, 5.74) is 0.655. The molecule has 0 aromatic carbocycles. The normalized spacial score (nSPS) is 12.0. The van der Waals surface area contributed by atoms with Gasteiger partial charge in [-0.1, -0.05) is 6.07 Å². The first kappa shape index (κ1) is 14.7. The molecule has 2 aromatic rings. The van der Waals surface area contributed by atoms with Gasteiger partial charge < -0.3 is 9.52 Å². The van der Waals surface area contributed by atoms with E-state index in [0.29, 0.717) is 5.69 Å². The lowest BCUT2D eigenvalue weighted by molar-refractivity contribution is 0.244. The first-order valence-electron chi connectivity index (χ1n) is 6.01. The van der Waals surface area contributed by atoms with Gasteiger partial charge in [-0.2, -0.15) is 4.31 Å². The molecule has 2 rings (SSSR count). The highest BCUT2D eigenvalue weighted by molar-refractivity contribution is 7.89. The Bertz CT molecular complexity index is 680. The number of hydrogen-bond acceptors (Lipinski definition) is 5. The SMILES string of the molecule is Cc1oc(CO)cc1S(=O)(=O)N(C)Cc1ccccn1. The maximum atomic E-state index is 12.4. The highest BCUT2D eigenvalue weighted by Crippen LogP contribution is 2.23. The minimum absolute atomic E-state index is 0.0694. The van der Waals surface area contributed by atoms with Crippen LogP contribution in [0.4, 0.5) is 0 Å². The Hall–Kier alpha value is -1.70. The number of sulfonamides is 1. The van der Waals surface area contributed by atoms with E-state index in [0.717, 1.165) is 0 Å². The first-order chi connectivity index (χ1) is 9.45. The van der Waals surface area contributed by atoms with Crippen molar-refractivity contribution >= 4 is 10.0 Å². The summed E-state index contributed by atoms with van der Waals surface area (Å²) in [4.78, 5) is 4.17. The van der Waals surface area contributed by atoms with Gasteiger partial charge in [0.25, 0.3) is 0 Å². The van der Waals surface area contributed by atoms with Crippen LogP contribution in [0.3, 0.4) is 0 Å². The number of nitrogens with zero attached hydrogens (tertiary/aromatic N) is 2. The number of pyridine rings is 1. The molecule has 0 radical (unpaired) electrons. The zero-order valence-electron chi connectivity index (χ0n) is 11.3.